The molecule has 0 spiro atoms. The van der Waals surface area contributed by atoms with E-state index in [2.05, 4.69) is 15.4 Å². The highest BCUT2D eigenvalue weighted by Gasteiger charge is 2.34. The molecule has 2 heterocycles. The third-order valence-electron chi connectivity index (χ3n) is 3.62. The number of rotatable bonds is 5. The second kappa shape index (κ2) is 5.31. The van der Waals surface area contributed by atoms with Crippen LogP contribution >= 0.6 is 0 Å². The molecule has 0 saturated heterocycles. The average molecular weight is 289 g/mol. The maximum atomic E-state index is 12.0. The fourth-order valence-electron chi connectivity index (χ4n) is 2.51. The fourth-order valence-corrected chi connectivity index (χ4v) is 2.51. The van der Waals surface area contributed by atoms with Crippen LogP contribution < -0.4 is 0 Å². The summed E-state index contributed by atoms with van der Waals surface area (Å²) in [7, 11) is 1.91. The largest absolute Gasteiger partial charge is 0.461 e. The molecule has 1 aliphatic carbocycles. The van der Waals surface area contributed by atoms with Gasteiger partial charge in [0.2, 0.25) is 0 Å². The number of esters is 1. The van der Waals surface area contributed by atoms with Crippen molar-refractivity contribution in [2.75, 3.05) is 6.61 Å². The lowest BCUT2D eigenvalue weighted by Crippen LogP contribution is -2.12. The average Bonchev–Trinajstić information content (AvgIpc) is 3.11. The van der Waals surface area contributed by atoms with E-state index in [1.807, 2.05) is 24.7 Å². The van der Waals surface area contributed by atoms with Gasteiger partial charge < -0.3 is 4.74 Å². The zero-order valence-corrected chi connectivity index (χ0v) is 12.5. The lowest BCUT2D eigenvalue weighted by molar-refractivity contribution is 0.0518. The van der Waals surface area contributed by atoms with Crippen LogP contribution in [0.2, 0.25) is 0 Å². The van der Waals surface area contributed by atoms with Crippen molar-refractivity contribution in [3.63, 3.8) is 0 Å². The van der Waals surface area contributed by atoms with E-state index in [4.69, 9.17) is 4.74 Å². The number of ether oxygens (including phenoxy) is 1. The monoisotopic (exact) mass is 289 g/mol. The number of carbonyl (C=O) groups is 1. The second-order valence-electron chi connectivity index (χ2n) is 5.38. The van der Waals surface area contributed by atoms with Gasteiger partial charge in [-0.15, -0.1) is 5.10 Å². The molecule has 0 atom stereocenters. The van der Waals surface area contributed by atoms with Gasteiger partial charge in [-0.05, 0) is 32.8 Å². The first-order chi connectivity index (χ1) is 10.1. The number of hydrogen-bond donors (Lipinski definition) is 0. The van der Waals surface area contributed by atoms with Crippen LogP contribution in [0.5, 0.6) is 0 Å². The molecular weight excluding hydrogens is 270 g/mol. The lowest BCUT2D eigenvalue weighted by Gasteiger charge is -2.07. The quantitative estimate of drug-likeness (QED) is 0.778. The Morgan fingerprint density at radius 3 is 2.81 bits per heavy atom. The minimum Gasteiger partial charge on any atom is -0.461 e. The third kappa shape index (κ3) is 2.68. The summed E-state index contributed by atoms with van der Waals surface area (Å²) in [6.45, 7) is 4.65. The number of aryl methyl sites for hydroxylation is 2. The molecule has 0 unspecified atom stereocenters. The van der Waals surface area contributed by atoms with Crippen molar-refractivity contribution in [2.45, 2.75) is 39.2 Å². The summed E-state index contributed by atoms with van der Waals surface area (Å²) < 4.78 is 8.70. The molecular formula is C14H19N5O2. The first kappa shape index (κ1) is 13.8. The van der Waals surface area contributed by atoms with Crippen molar-refractivity contribution in [1.29, 1.82) is 0 Å². The van der Waals surface area contributed by atoms with E-state index in [9.17, 15) is 4.79 Å². The molecule has 2 aromatic rings. The van der Waals surface area contributed by atoms with E-state index in [1.54, 1.807) is 11.6 Å². The van der Waals surface area contributed by atoms with Crippen LogP contribution in [-0.4, -0.2) is 37.4 Å². The number of aromatic nitrogens is 5. The molecule has 2 aromatic heterocycles. The fraction of sp³-hybridized carbons (Fsp3) is 0.571. The van der Waals surface area contributed by atoms with Gasteiger partial charge in [0.05, 0.1) is 30.2 Å². The highest BCUT2D eigenvalue weighted by Crippen LogP contribution is 2.41. The van der Waals surface area contributed by atoms with E-state index >= 15 is 0 Å². The van der Waals surface area contributed by atoms with Crippen molar-refractivity contribution in [3.8, 4) is 0 Å². The van der Waals surface area contributed by atoms with Crippen LogP contribution in [0.15, 0.2) is 6.07 Å². The first-order valence-electron chi connectivity index (χ1n) is 7.20. The van der Waals surface area contributed by atoms with Gasteiger partial charge in [-0.25, -0.2) is 9.48 Å². The molecule has 1 fully saturated rings. The molecule has 7 nitrogen and oxygen atoms in total. The maximum Gasteiger partial charge on any atom is 0.360 e. The zero-order chi connectivity index (χ0) is 15.0. The van der Waals surface area contributed by atoms with Crippen molar-refractivity contribution < 1.29 is 9.53 Å². The molecule has 0 N–H and O–H groups in total. The van der Waals surface area contributed by atoms with Crippen molar-refractivity contribution >= 4 is 5.97 Å². The Balaban J connectivity index is 1.92. The predicted molar refractivity (Wildman–Crippen MR) is 75.0 cm³/mol. The Kier molecular flexibility index (Phi) is 3.48. The highest BCUT2D eigenvalue weighted by molar-refractivity contribution is 5.88. The summed E-state index contributed by atoms with van der Waals surface area (Å²) in [5.74, 6) is -0.0134. The first-order valence-corrected chi connectivity index (χ1v) is 7.20. The minimum absolute atomic E-state index is 0.344. The smallest absolute Gasteiger partial charge is 0.360 e. The molecule has 112 valence electrons. The van der Waals surface area contributed by atoms with Gasteiger partial charge in [-0.1, -0.05) is 5.21 Å². The molecule has 0 radical (unpaired) electrons. The van der Waals surface area contributed by atoms with E-state index in [1.165, 1.54) is 0 Å². The van der Waals surface area contributed by atoms with Crippen LogP contribution in [0, 0.1) is 6.92 Å². The van der Waals surface area contributed by atoms with Crippen LogP contribution in [0.25, 0.3) is 0 Å². The Morgan fingerprint density at radius 1 is 1.48 bits per heavy atom. The van der Waals surface area contributed by atoms with E-state index in [-0.39, 0.29) is 5.97 Å². The SMILES string of the molecule is CCOC(=O)c1nnn(Cc2cc(C)nn2C)c1C1CC1. The van der Waals surface area contributed by atoms with Crippen molar-refractivity contribution in [2.24, 2.45) is 7.05 Å². The zero-order valence-electron chi connectivity index (χ0n) is 12.5. The Labute approximate surface area is 122 Å². The normalized spacial score (nSPS) is 14.4. The van der Waals surface area contributed by atoms with Gasteiger partial charge >= 0.3 is 5.97 Å². The molecule has 0 bridgehead atoms. The second-order valence-corrected chi connectivity index (χ2v) is 5.38. The summed E-state index contributed by atoms with van der Waals surface area (Å²) in [6.07, 6.45) is 2.15. The van der Waals surface area contributed by atoms with Crippen LogP contribution in [0.4, 0.5) is 0 Å². The van der Waals surface area contributed by atoms with Gasteiger partial charge in [-0.2, -0.15) is 5.10 Å². The molecule has 1 aliphatic rings. The van der Waals surface area contributed by atoms with Gasteiger partial charge in [0.1, 0.15) is 0 Å². The molecule has 0 amide bonds. The standard InChI is InChI=1S/C14H19N5O2/c1-4-21-14(20)12-13(10-5-6-10)19(17-15-12)8-11-7-9(2)16-18(11)3/h7,10H,4-6,8H2,1-3H3. The summed E-state index contributed by atoms with van der Waals surface area (Å²) in [6, 6.07) is 2.02. The van der Waals surface area contributed by atoms with Crippen LogP contribution in [0.1, 0.15) is 53.3 Å². The third-order valence-corrected chi connectivity index (χ3v) is 3.62. The number of hydrogen-bond acceptors (Lipinski definition) is 5. The lowest BCUT2D eigenvalue weighted by atomic mass is 10.2. The van der Waals surface area contributed by atoms with E-state index in [0.717, 1.165) is 29.9 Å². The molecule has 0 aliphatic heterocycles. The van der Waals surface area contributed by atoms with Crippen LogP contribution in [0.3, 0.4) is 0 Å². The van der Waals surface area contributed by atoms with E-state index < -0.39 is 0 Å². The number of carbonyl (C=O) groups excluding carboxylic acids is 1. The Morgan fingerprint density at radius 2 is 2.24 bits per heavy atom. The van der Waals surface area contributed by atoms with Gasteiger partial charge in [0, 0.05) is 13.0 Å². The predicted octanol–water partition coefficient (Wildman–Crippen LogP) is 1.42. The molecule has 7 heteroatoms. The summed E-state index contributed by atoms with van der Waals surface area (Å²) >= 11 is 0. The molecule has 1 saturated carbocycles. The van der Waals surface area contributed by atoms with Crippen molar-refractivity contribution in [1.82, 2.24) is 24.8 Å². The van der Waals surface area contributed by atoms with Crippen LogP contribution in [-0.2, 0) is 18.3 Å². The maximum absolute atomic E-state index is 12.0. The van der Waals surface area contributed by atoms with Gasteiger partial charge in [0.15, 0.2) is 5.69 Å². The van der Waals surface area contributed by atoms with Gasteiger partial charge in [-0.3, -0.25) is 4.68 Å². The topological polar surface area (TPSA) is 74.8 Å². The van der Waals surface area contributed by atoms with Crippen molar-refractivity contribution in [3.05, 3.63) is 28.8 Å². The number of nitrogens with zero attached hydrogens (tertiary/aromatic N) is 5. The summed E-state index contributed by atoms with van der Waals surface area (Å²) in [5, 5.41) is 12.5. The summed E-state index contributed by atoms with van der Waals surface area (Å²) in [5.41, 5.74) is 3.26. The Hall–Kier alpha value is -2.18. The minimum atomic E-state index is -0.383. The molecule has 0 aromatic carbocycles. The molecule has 21 heavy (non-hydrogen) atoms. The van der Waals surface area contributed by atoms with E-state index in [0.29, 0.717) is 24.8 Å². The summed E-state index contributed by atoms with van der Waals surface area (Å²) in [4.78, 5) is 12.0. The van der Waals surface area contributed by atoms with Gasteiger partial charge in [0.25, 0.3) is 0 Å². The Bertz CT molecular complexity index is 669. The molecule has 3 rings (SSSR count). The highest BCUT2D eigenvalue weighted by atomic mass is 16.5.